The number of benzene rings is 2. The van der Waals surface area contributed by atoms with Crippen LogP contribution in [0.25, 0.3) is 10.8 Å². The molecule has 3 amide bonds. The van der Waals surface area contributed by atoms with Crippen molar-refractivity contribution in [2.45, 2.75) is 19.9 Å². The third kappa shape index (κ3) is 2.92. The molecule has 3 rings (SSSR count). The molecule has 6 heteroatoms. The molecule has 126 valence electrons. The van der Waals surface area contributed by atoms with Gasteiger partial charge in [-0.1, -0.05) is 36.4 Å². The Balaban J connectivity index is 2.17. The van der Waals surface area contributed by atoms with Gasteiger partial charge < -0.3 is 10.1 Å². The molecule has 0 saturated heterocycles. The normalized spacial score (nSPS) is 17.2. The molecule has 1 heterocycles. The van der Waals surface area contributed by atoms with Crippen LogP contribution < -0.4 is 5.32 Å². The van der Waals surface area contributed by atoms with Crippen LogP contribution in [0, 0.1) is 11.3 Å². The highest BCUT2D eigenvalue weighted by molar-refractivity contribution is 5.94. The number of allylic oxidation sites excluding steroid dienone is 1. The van der Waals surface area contributed by atoms with Crippen LogP contribution >= 0.6 is 0 Å². The number of carbonyl (C=O) groups excluding carboxylic acids is 2. The molecule has 0 aromatic heterocycles. The SMILES string of the molecule is CCOC(=O)N1C(=O)NC(C)=C(C#N)C1c1ccc2ccccc2c1. The summed E-state index contributed by atoms with van der Waals surface area (Å²) in [7, 11) is 0. The summed E-state index contributed by atoms with van der Waals surface area (Å²) in [5, 5.41) is 14.1. The summed E-state index contributed by atoms with van der Waals surface area (Å²) in [5.41, 5.74) is 1.42. The minimum Gasteiger partial charge on any atom is -0.449 e. The Kier molecular flexibility index (Phi) is 4.40. The van der Waals surface area contributed by atoms with Gasteiger partial charge in [-0.2, -0.15) is 5.26 Å². The third-order valence-corrected chi connectivity index (χ3v) is 4.12. The van der Waals surface area contributed by atoms with Crippen LogP contribution in [0.15, 0.2) is 53.7 Å². The highest BCUT2D eigenvalue weighted by Gasteiger charge is 2.39. The van der Waals surface area contributed by atoms with E-state index in [4.69, 9.17) is 4.74 Å². The van der Waals surface area contributed by atoms with Gasteiger partial charge in [-0.05, 0) is 36.2 Å². The third-order valence-electron chi connectivity index (χ3n) is 4.12. The first-order valence-corrected chi connectivity index (χ1v) is 7.93. The zero-order valence-corrected chi connectivity index (χ0v) is 13.9. The van der Waals surface area contributed by atoms with Gasteiger partial charge in [-0.15, -0.1) is 0 Å². The Morgan fingerprint density at radius 2 is 2.00 bits per heavy atom. The van der Waals surface area contributed by atoms with E-state index >= 15 is 0 Å². The molecule has 0 bridgehead atoms. The Hall–Kier alpha value is -3.33. The van der Waals surface area contributed by atoms with Crippen molar-refractivity contribution in [2.24, 2.45) is 0 Å². The number of carbonyl (C=O) groups is 2. The van der Waals surface area contributed by atoms with Gasteiger partial charge in [0.1, 0.15) is 6.04 Å². The molecular weight excluding hydrogens is 318 g/mol. The van der Waals surface area contributed by atoms with Crippen molar-refractivity contribution in [3.8, 4) is 6.07 Å². The van der Waals surface area contributed by atoms with Gasteiger partial charge in [0.2, 0.25) is 0 Å². The largest absolute Gasteiger partial charge is 0.449 e. The lowest BCUT2D eigenvalue weighted by molar-refractivity contribution is 0.104. The lowest BCUT2D eigenvalue weighted by atomic mass is 9.93. The molecule has 1 aliphatic rings. The van der Waals surface area contributed by atoms with Crippen molar-refractivity contribution in [2.75, 3.05) is 6.61 Å². The number of ether oxygens (including phenoxy) is 1. The minimum absolute atomic E-state index is 0.137. The molecule has 2 aromatic carbocycles. The maximum atomic E-state index is 12.4. The Bertz CT molecular complexity index is 927. The number of fused-ring (bicyclic) bond motifs is 1. The standard InChI is InChI=1S/C19H17N3O3/c1-3-25-19(24)22-17(16(11-20)12(2)21-18(22)23)15-9-8-13-6-4-5-7-14(13)10-15/h4-10,17H,3H2,1-2H3,(H,21,23). The average Bonchev–Trinajstić information content (AvgIpc) is 2.60. The minimum atomic E-state index is -0.817. The second-order valence-corrected chi connectivity index (χ2v) is 5.66. The molecular formula is C19H17N3O3. The fourth-order valence-corrected chi connectivity index (χ4v) is 2.96. The molecule has 6 nitrogen and oxygen atoms in total. The molecule has 0 fully saturated rings. The summed E-state index contributed by atoms with van der Waals surface area (Å²) >= 11 is 0. The first-order valence-electron chi connectivity index (χ1n) is 7.93. The summed E-state index contributed by atoms with van der Waals surface area (Å²) in [5.74, 6) is 0. The van der Waals surface area contributed by atoms with Crippen LogP contribution in [0.2, 0.25) is 0 Å². The average molecular weight is 335 g/mol. The number of nitrogens with zero attached hydrogens (tertiary/aromatic N) is 2. The fraction of sp³-hybridized carbons (Fsp3) is 0.211. The van der Waals surface area contributed by atoms with Gasteiger partial charge in [0.15, 0.2) is 0 Å². The number of imide groups is 1. The molecule has 0 spiro atoms. The van der Waals surface area contributed by atoms with Crippen molar-refractivity contribution in [3.05, 3.63) is 59.3 Å². The number of hydrogen-bond donors (Lipinski definition) is 1. The van der Waals surface area contributed by atoms with Crippen molar-refractivity contribution in [1.82, 2.24) is 10.2 Å². The zero-order valence-electron chi connectivity index (χ0n) is 13.9. The molecule has 0 saturated carbocycles. The van der Waals surface area contributed by atoms with Gasteiger partial charge in [0.25, 0.3) is 0 Å². The van der Waals surface area contributed by atoms with E-state index in [0.29, 0.717) is 16.8 Å². The van der Waals surface area contributed by atoms with Crippen molar-refractivity contribution in [1.29, 1.82) is 5.26 Å². The molecule has 1 atom stereocenters. The Labute approximate surface area is 145 Å². The van der Waals surface area contributed by atoms with E-state index in [9.17, 15) is 14.9 Å². The van der Waals surface area contributed by atoms with Crippen LogP contribution in [-0.2, 0) is 4.74 Å². The molecule has 1 aliphatic heterocycles. The molecule has 2 aromatic rings. The molecule has 0 radical (unpaired) electrons. The second-order valence-electron chi connectivity index (χ2n) is 5.66. The maximum absolute atomic E-state index is 12.4. The highest BCUT2D eigenvalue weighted by Crippen LogP contribution is 2.35. The monoisotopic (exact) mass is 335 g/mol. The fourth-order valence-electron chi connectivity index (χ4n) is 2.96. The number of rotatable bonds is 2. The van der Waals surface area contributed by atoms with E-state index in [0.717, 1.165) is 15.7 Å². The lowest BCUT2D eigenvalue weighted by Gasteiger charge is -2.34. The smallest absolute Gasteiger partial charge is 0.418 e. The highest BCUT2D eigenvalue weighted by atomic mass is 16.6. The van der Waals surface area contributed by atoms with Gasteiger partial charge in [-0.3, -0.25) is 0 Å². The van der Waals surface area contributed by atoms with Gasteiger partial charge >= 0.3 is 12.1 Å². The van der Waals surface area contributed by atoms with Crippen molar-refractivity contribution in [3.63, 3.8) is 0 Å². The number of amides is 3. The second kappa shape index (κ2) is 6.65. The number of nitrogens with one attached hydrogen (secondary N) is 1. The maximum Gasteiger partial charge on any atom is 0.418 e. The van der Waals surface area contributed by atoms with Gasteiger partial charge in [-0.25, -0.2) is 14.5 Å². The molecule has 0 aliphatic carbocycles. The van der Waals surface area contributed by atoms with Crippen LogP contribution in [0.5, 0.6) is 0 Å². The van der Waals surface area contributed by atoms with E-state index < -0.39 is 18.2 Å². The van der Waals surface area contributed by atoms with Crippen molar-refractivity contribution < 1.29 is 14.3 Å². The van der Waals surface area contributed by atoms with E-state index in [1.165, 1.54) is 0 Å². The Morgan fingerprint density at radius 1 is 1.28 bits per heavy atom. The zero-order chi connectivity index (χ0) is 18.0. The van der Waals surface area contributed by atoms with Crippen molar-refractivity contribution >= 4 is 22.9 Å². The summed E-state index contributed by atoms with van der Waals surface area (Å²) in [4.78, 5) is 25.7. The van der Waals surface area contributed by atoms with Crippen LogP contribution in [0.3, 0.4) is 0 Å². The van der Waals surface area contributed by atoms with E-state index in [-0.39, 0.29) is 6.61 Å². The quantitative estimate of drug-likeness (QED) is 0.903. The summed E-state index contributed by atoms with van der Waals surface area (Å²) < 4.78 is 5.01. The van der Waals surface area contributed by atoms with Crippen LogP contribution in [0.1, 0.15) is 25.5 Å². The topological polar surface area (TPSA) is 82.4 Å². The Morgan fingerprint density at radius 3 is 2.68 bits per heavy atom. The molecule has 1 N–H and O–H groups in total. The number of urea groups is 1. The van der Waals surface area contributed by atoms with Crippen LogP contribution in [0.4, 0.5) is 9.59 Å². The number of hydrogen-bond acceptors (Lipinski definition) is 4. The molecule has 1 unspecified atom stereocenters. The van der Waals surface area contributed by atoms with Crippen LogP contribution in [-0.4, -0.2) is 23.6 Å². The van der Waals surface area contributed by atoms with Gasteiger partial charge in [0, 0.05) is 5.70 Å². The summed E-state index contributed by atoms with van der Waals surface area (Å²) in [6.45, 7) is 3.45. The lowest BCUT2D eigenvalue weighted by Crippen LogP contribution is -2.50. The first-order chi connectivity index (χ1) is 12.1. The van der Waals surface area contributed by atoms with E-state index in [1.807, 2.05) is 42.5 Å². The predicted octanol–water partition coefficient (Wildman–Crippen LogP) is 3.86. The predicted molar refractivity (Wildman–Crippen MR) is 92.4 cm³/mol. The molecule has 25 heavy (non-hydrogen) atoms. The summed E-state index contributed by atoms with van der Waals surface area (Å²) in [6.07, 6.45) is -0.779. The first kappa shape index (κ1) is 16.5. The van der Waals surface area contributed by atoms with E-state index in [1.54, 1.807) is 13.8 Å². The van der Waals surface area contributed by atoms with E-state index in [2.05, 4.69) is 11.4 Å². The summed E-state index contributed by atoms with van der Waals surface area (Å²) in [6, 6.07) is 14.1. The number of nitriles is 1. The van der Waals surface area contributed by atoms with Gasteiger partial charge in [0.05, 0.1) is 18.2 Å².